The average molecular weight is 488 g/mol. The SMILES string of the molecule is CCOc1cc([C@@H]2C(C#N)=C(N)Oc3n[nH]c(-c4ccccc4Cl)c32)cc(Br)c1O. The first kappa shape index (κ1) is 20.1. The second-order valence-electron chi connectivity index (χ2n) is 6.50. The number of H-pyrrole nitrogens is 1. The Morgan fingerprint density at radius 3 is 2.87 bits per heavy atom. The number of aromatic hydroxyl groups is 1. The number of benzene rings is 2. The van der Waals surface area contributed by atoms with Crippen molar-refractivity contribution in [1.82, 2.24) is 10.2 Å². The number of nitrogens with two attached hydrogens (primary N) is 1. The van der Waals surface area contributed by atoms with E-state index in [0.29, 0.717) is 38.5 Å². The maximum atomic E-state index is 10.3. The molecule has 0 amide bonds. The van der Waals surface area contributed by atoms with Crippen LogP contribution in [-0.2, 0) is 0 Å². The molecule has 0 unspecified atom stereocenters. The number of nitriles is 1. The fourth-order valence-electron chi connectivity index (χ4n) is 3.47. The van der Waals surface area contributed by atoms with Gasteiger partial charge < -0.3 is 20.3 Å². The Morgan fingerprint density at radius 1 is 1.40 bits per heavy atom. The Kier molecular flexibility index (Phi) is 5.33. The van der Waals surface area contributed by atoms with Crippen LogP contribution in [0.3, 0.4) is 0 Å². The molecule has 7 nitrogen and oxygen atoms in total. The number of allylic oxidation sites excluding steroid dienone is 1. The molecule has 1 aliphatic rings. The number of ether oxygens (including phenoxy) is 2. The lowest BCUT2D eigenvalue weighted by Gasteiger charge is -2.25. The summed E-state index contributed by atoms with van der Waals surface area (Å²) >= 11 is 9.77. The van der Waals surface area contributed by atoms with Crippen molar-refractivity contribution in [3.8, 4) is 34.7 Å². The van der Waals surface area contributed by atoms with E-state index in [1.54, 1.807) is 18.2 Å². The third-order valence-corrected chi connectivity index (χ3v) is 5.70. The maximum absolute atomic E-state index is 10.3. The van der Waals surface area contributed by atoms with Gasteiger partial charge in [0.15, 0.2) is 11.5 Å². The highest BCUT2D eigenvalue weighted by atomic mass is 79.9. The van der Waals surface area contributed by atoms with Gasteiger partial charge in [0.1, 0.15) is 11.6 Å². The number of aromatic amines is 1. The van der Waals surface area contributed by atoms with Gasteiger partial charge >= 0.3 is 0 Å². The van der Waals surface area contributed by atoms with Gasteiger partial charge in [-0.1, -0.05) is 29.8 Å². The molecule has 1 aromatic heterocycles. The van der Waals surface area contributed by atoms with Crippen molar-refractivity contribution in [1.29, 1.82) is 5.26 Å². The van der Waals surface area contributed by atoms with Crippen LogP contribution in [0, 0.1) is 11.3 Å². The minimum absolute atomic E-state index is 0.0261. The number of halogens is 2. The molecule has 0 aliphatic carbocycles. The Bertz CT molecular complexity index is 1220. The first-order chi connectivity index (χ1) is 14.5. The van der Waals surface area contributed by atoms with E-state index < -0.39 is 5.92 Å². The van der Waals surface area contributed by atoms with Crippen molar-refractivity contribution < 1.29 is 14.6 Å². The quantitative estimate of drug-likeness (QED) is 0.486. The van der Waals surface area contributed by atoms with Crippen LogP contribution in [0.1, 0.15) is 24.0 Å². The lowest BCUT2D eigenvalue weighted by Crippen LogP contribution is -2.21. The highest BCUT2D eigenvalue weighted by molar-refractivity contribution is 9.10. The summed E-state index contributed by atoms with van der Waals surface area (Å²) in [5.41, 5.74) is 8.87. The molecule has 0 saturated heterocycles. The standard InChI is InChI=1S/C21H16BrClN4O3/c1-2-29-15-8-10(7-13(22)19(15)28)16-12(9-24)20(25)30-21-17(16)18(26-27-21)11-5-3-4-6-14(11)23/h3-8,16,28H,2,25H2,1H3,(H,26,27)/t16-/m1/s1. The largest absolute Gasteiger partial charge is 0.503 e. The molecule has 2 aromatic carbocycles. The fraction of sp³-hybridized carbons (Fsp3) is 0.143. The van der Waals surface area contributed by atoms with Crippen molar-refractivity contribution in [2.24, 2.45) is 5.73 Å². The van der Waals surface area contributed by atoms with E-state index in [1.807, 2.05) is 25.1 Å². The minimum atomic E-state index is -0.611. The van der Waals surface area contributed by atoms with Crippen LogP contribution in [-0.4, -0.2) is 21.9 Å². The molecule has 1 atom stereocenters. The molecule has 0 fully saturated rings. The third kappa shape index (κ3) is 3.26. The highest BCUT2D eigenvalue weighted by Gasteiger charge is 2.36. The molecule has 3 aromatic rings. The van der Waals surface area contributed by atoms with E-state index in [0.717, 1.165) is 0 Å². The first-order valence-electron chi connectivity index (χ1n) is 9.02. The van der Waals surface area contributed by atoms with Crippen LogP contribution in [0.5, 0.6) is 17.4 Å². The topological polar surface area (TPSA) is 117 Å². The smallest absolute Gasteiger partial charge is 0.244 e. The number of phenolic OH excluding ortho intramolecular Hbond substituents is 1. The van der Waals surface area contributed by atoms with E-state index in [1.165, 1.54) is 0 Å². The molecule has 2 heterocycles. The number of hydrogen-bond donors (Lipinski definition) is 3. The van der Waals surface area contributed by atoms with E-state index in [4.69, 9.17) is 26.8 Å². The average Bonchev–Trinajstić information content (AvgIpc) is 3.13. The number of fused-ring (bicyclic) bond motifs is 1. The van der Waals surface area contributed by atoms with Crippen LogP contribution in [0.25, 0.3) is 11.3 Å². The molecule has 1 aliphatic heterocycles. The number of aromatic nitrogens is 2. The predicted molar refractivity (Wildman–Crippen MR) is 115 cm³/mol. The molecule has 0 bridgehead atoms. The van der Waals surface area contributed by atoms with Crippen molar-refractivity contribution in [3.63, 3.8) is 0 Å². The zero-order valence-corrected chi connectivity index (χ0v) is 18.1. The molecule has 4 N–H and O–H groups in total. The van der Waals surface area contributed by atoms with Crippen LogP contribution in [0.2, 0.25) is 5.02 Å². The van der Waals surface area contributed by atoms with E-state index in [-0.39, 0.29) is 28.8 Å². The normalized spacial score (nSPS) is 15.3. The van der Waals surface area contributed by atoms with E-state index in [2.05, 4.69) is 32.2 Å². The summed E-state index contributed by atoms with van der Waals surface area (Å²) in [5.74, 6) is -0.127. The summed E-state index contributed by atoms with van der Waals surface area (Å²) in [4.78, 5) is 0. The highest BCUT2D eigenvalue weighted by Crippen LogP contribution is 2.49. The van der Waals surface area contributed by atoms with Crippen LogP contribution < -0.4 is 15.2 Å². The summed E-state index contributed by atoms with van der Waals surface area (Å²) in [6, 6.07) is 12.8. The van der Waals surface area contributed by atoms with E-state index in [9.17, 15) is 10.4 Å². The lowest BCUT2D eigenvalue weighted by molar-refractivity contribution is 0.316. The van der Waals surface area contributed by atoms with Gasteiger partial charge in [0.05, 0.1) is 28.3 Å². The Morgan fingerprint density at radius 2 is 2.17 bits per heavy atom. The van der Waals surface area contributed by atoms with Gasteiger partial charge in [0, 0.05) is 10.6 Å². The van der Waals surface area contributed by atoms with Gasteiger partial charge in [-0.05, 0) is 46.6 Å². The van der Waals surface area contributed by atoms with Crippen molar-refractivity contribution in [3.05, 3.63) is 68.5 Å². The second-order valence-corrected chi connectivity index (χ2v) is 7.77. The second kappa shape index (κ2) is 7.94. The van der Waals surface area contributed by atoms with Crippen LogP contribution >= 0.6 is 27.5 Å². The summed E-state index contributed by atoms with van der Waals surface area (Å²) in [5, 5.41) is 27.9. The molecule has 4 rings (SSSR count). The van der Waals surface area contributed by atoms with Crippen molar-refractivity contribution >= 4 is 27.5 Å². The van der Waals surface area contributed by atoms with Gasteiger partial charge in [-0.3, -0.25) is 5.10 Å². The monoisotopic (exact) mass is 486 g/mol. The van der Waals surface area contributed by atoms with E-state index >= 15 is 0 Å². The minimum Gasteiger partial charge on any atom is -0.503 e. The van der Waals surface area contributed by atoms with Gasteiger partial charge in [-0.15, -0.1) is 5.10 Å². The molecule has 152 valence electrons. The number of rotatable bonds is 4. The Labute approximate surface area is 185 Å². The van der Waals surface area contributed by atoms with Gasteiger partial charge in [-0.2, -0.15) is 5.26 Å². The summed E-state index contributed by atoms with van der Waals surface area (Å²) in [6.45, 7) is 2.18. The third-order valence-electron chi connectivity index (χ3n) is 4.77. The maximum Gasteiger partial charge on any atom is 0.244 e. The van der Waals surface area contributed by atoms with Gasteiger partial charge in [0.2, 0.25) is 11.8 Å². The predicted octanol–water partition coefficient (Wildman–Crippen LogP) is 4.82. The number of hydrogen-bond acceptors (Lipinski definition) is 6. The molecule has 9 heteroatoms. The van der Waals surface area contributed by atoms with Gasteiger partial charge in [-0.25, -0.2) is 0 Å². The lowest BCUT2D eigenvalue weighted by atomic mass is 9.83. The number of phenols is 1. The fourth-order valence-corrected chi connectivity index (χ4v) is 4.16. The molecule has 0 saturated carbocycles. The molecule has 0 spiro atoms. The summed E-state index contributed by atoms with van der Waals surface area (Å²) in [6.07, 6.45) is 0. The Hall–Kier alpha value is -3.15. The molecular weight excluding hydrogens is 472 g/mol. The first-order valence-corrected chi connectivity index (χ1v) is 10.2. The summed E-state index contributed by atoms with van der Waals surface area (Å²) in [7, 11) is 0. The van der Waals surface area contributed by atoms with Crippen LogP contribution in [0.4, 0.5) is 0 Å². The van der Waals surface area contributed by atoms with Gasteiger partial charge in [0.25, 0.3) is 0 Å². The Balaban J connectivity index is 1.98. The summed E-state index contributed by atoms with van der Waals surface area (Å²) < 4.78 is 11.6. The zero-order valence-electron chi connectivity index (χ0n) is 15.7. The number of nitrogens with zero attached hydrogens (tertiary/aromatic N) is 2. The number of nitrogens with one attached hydrogen (secondary N) is 1. The zero-order chi connectivity index (χ0) is 21.4. The van der Waals surface area contributed by atoms with Crippen molar-refractivity contribution in [2.45, 2.75) is 12.8 Å². The van der Waals surface area contributed by atoms with Crippen LogP contribution in [0.15, 0.2) is 52.3 Å². The molecule has 0 radical (unpaired) electrons. The molecule has 30 heavy (non-hydrogen) atoms. The van der Waals surface area contributed by atoms with Crippen molar-refractivity contribution in [2.75, 3.05) is 6.61 Å². The molecular formula is C21H16BrClN4O3.